The van der Waals surface area contributed by atoms with Gasteiger partial charge in [0, 0.05) is 0 Å². The van der Waals surface area contributed by atoms with Gasteiger partial charge in [0.2, 0.25) is 0 Å². The maximum atomic E-state index is 14.4. The average molecular weight is 849 g/mol. The van der Waals surface area contributed by atoms with Crippen molar-refractivity contribution in [1.82, 2.24) is 0 Å². The zero-order valence-corrected chi connectivity index (χ0v) is 35.2. The number of fused-ring (bicyclic) bond motifs is 3. The van der Waals surface area contributed by atoms with Crippen molar-refractivity contribution in [2.45, 2.75) is 87.0 Å². The molecule has 4 aromatic rings. The second-order valence-electron chi connectivity index (χ2n) is 15.3. The summed E-state index contributed by atoms with van der Waals surface area (Å²) < 4.78 is 89.3. The maximum Gasteiger partial charge on any atom is -1.00 e. The number of hydrogen-bond acceptors (Lipinski definition) is 0. The molecule has 0 spiro atoms. The molecule has 9 heteroatoms. The van der Waals surface area contributed by atoms with Crippen LogP contribution in [0, 0.1) is 39.0 Å². The smallest absolute Gasteiger partial charge is 1.00 e. The van der Waals surface area contributed by atoms with Crippen LogP contribution in [-0.2, 0) is 40.0 Å². The summed E-state index contributed by atoms with van der Waals surface area (Å²) >= 11 is -3.76. The Morgan fingerprint density at radius 2 is 1.25 bits per heavy atom. The minimum absolute atomic E-state index is 0. The molecular formula is C44H44Cl2F6Zr. The van der Waals surface area contributed by atoms with Crippen molar-refractivity contribution >= 4 is 6.48 Å². The monoisotopic (exact) mass is 846 g/mol. The molecule has 0 N–H and O–H groups in total. The van der Waals surface area contributed by atoms with Crippen LogP contribution >= 0.6 is 0 Å². The van der Waals surface area contributed by atoms with Crippen molar-refractivity contribution in [2.75, 3.05) is 0 Å². The first-order chi connectivity index (χ1) is 23.8. The van der Waals surface area contributed by atoms with Gasteiger partial charge in [-0.3, -0.25) is 0 Å². The largest absolute Gasteiger partial charge is 1.00 e. The molecule has 4 aromatic carbocycles. The van der Waals surface area contributed by atoms with E-state index in [0.717, 1.165) is 59.4 Å². The molecule has 6 rings (SSSR count). The van der Waals surface area contributed by atoms with Gasteiger partial charge in [-0.25, -0.2) is 0 Å². The molecule has 0 nitrogen and oxygen atoms in total. The van der Waals surface area contributed by atoms with Crippen LogP contribution in [-0.4, -0.2) is 3.21 Å². The van der Waals surface area contributed by atoms with Gasteiger partial charge in [-0.1, -0.05) is 0 Å². The molecule has 0 amide bonds. The molecule has 0 heterocycles. The number of aryl methyl sites for hydroxylation is 3. The predicted octanol–water partition coefficient (Wildman–Crippen LogP) is 6.34. The summed E-state index contributed by atoms with van der Waals surface area (Å²) in [5, 5.41) is 0. The fourth-order valence-electron chi connectivity index (χ4n) is 7.67. The Balaban J connectivity index is 0.00000314. The normalized spacial score (nSPS) is 15.0. The van der Waals surface area contributed by atoms with E-state index >= 15 is 0 Å². The summed E-state index contributed by atoms with van der Waals surface area (Å²) in [6, 6.07) is 17.2. The van der Waals surface area contributed by atoms with E-state index in [1.807, 2.05) is 0 Å². The SMILES string of the molecule is CCCC1C=C(C(C)(C)C)C=[C]1[Zr+2](=[C](c1cccc(C(F)(F)F)c1)c1cccc(C(F)(F)F)c1)[c]1c(C)c(C)cc2c1Cc1cc(C)c(C)cc1-2.[Cl-].[Cl-]. The zero-order chi connectivity index (χ0) is 37.2. The third-order valence-corrected chi connectivity index (χ3v) is 18.9. The summed E-state index contributed by atoms with van der Waals surface area (Å²) in [5.41, 5.74) is 9.25. The molecule has 1 unspecified atom stereocenters. The minimum atomic E-state index is -4.62. The van der Waals surface area contributed by atoms with Crippen LogP contribution in [0.4, 0.5) is 26.3 Å². The summed E-state index contributed by atoms with van der Waals surface area (Å²) in [6.07, 6.45) is -2.22. The van der Waals surface area contributed by atoms with Crippen LogP contribution < -0.4 is 28.1 Å². The third-order valence-electron chi connectivity index (χ3n) is 10.6. The Hall–Kier alpha value is -2.73. The molecule has 280 valence electrons. The molecule has 0 bridgehead atoms. The van der Waals surface area contributed by atoms with Gasteiger partial charge in [-0.2, -0.15) is 0 Å². The predicted molar refractivity (Wildman–Crippen MR) is 193 cm³/mol. The summed E-state index contributed by atoms with van der Waals surface area (Å²) in [7, 11) is 0. The molecule has 1 atom stereocenters. The molecular weight excluding hydrogens is 805 g/mol. The van der Waals surface area contributed by atoms with Gasteiger partial charge >= 0.3 is 307 Å². The van der Waals surface area contributed by atoms with E-state index < -0.39 is 44.7 Å². The van der Waals surface area contributed by atoms with E-state index in [2.05, 4.69) is 85.7 Å². The van der Waals surface area contributed by atoms with E-state index in [4.69, 9.17) is 0 Å². The van der Waals surface area contributed by atoms with Crippen LogP contribution in [0.25, 0.3) is 11.1 Å². The van der Waals surface area contributed by atoms with Crippen molar-refractivity contribution < 1.29 is 72.4 Å². The van der Waals surface area contributed by atoms with Crippen molar-refractivity contribution in [3.63, 3.8) is 0 Å². The number of allylic oxidation sites excluding steroid dienone is 4. The van der Waals surface area contributed by atoms with Gasteiger partial charge in [0.1, 0.15) is 0 Å². The van der Waals surface area contributed by atoms with Crippen molar-refractivity contribution in [1.29, 1.82) is 0 Å². The van der Waals surface area contributed by atoms with Gasteiger partial charge in [0.05, 0.1) is 0 Å². The molecule has 0 fully saturated rings. The molecule has 0 radical (unpaired) electrons. The van der Waals surface area contributed by atoms with Gasteiger partial charge in [-0.15, -0.1) is 0 Å². The van der Waals surface area contributed by atoms with Crippen LogP contribution in [0.3, 0.4) is 0 Å². The third kappa shape index (κ3) is 8.43. The van der Waals surface area contributed by atoms with Gasteiger partial charge in [0.15, 0.2) is 0 Å². The van der Waals surface area contributed by atoms with Gasteiger partial charge < -0.3 is 24.8 Å². The van der Waals surface area contributed by atoms with Crippen molar-refractivity contribution in [2.24, 2.45) is 11.3 Å². The van der Waals surface area contributed by atoms with E-state index in [1.165, 1.54) is 46.5 Å². The van der Waals surface area contributed by atoms with Crippen LogP contribution in [0.15, 0.2) is 87.7 Å². The van der Waals surface area contributed by atoms with Gasteiger partial charge in [0.25, 0.3) is 0 Å². The van der Waals surface area contributed by atoms with Crippen molar-refractivity contribution in [3.8, 4) is 11.1 Å². The van der Waals surface area contributed by atoms with Crippen LogP contribution in [0.5, 0.6) is 0 Å². The number of halogens is 8. The van der Waals surface area contributed by atoms with Crippen LogP contribution in [0.1, 0.15) is 96.2 Å². The Kier molecular flexibility index (Phi) is 12.8. The Morgan fingerprint density at radius 3 is 1.75 bits per heavy atom. The minimum Gasteiger partial charge on any atom is -1.00 e. The molecule has 53 heavy (non-hydrogen) atoms. The first kappa shape index (κ1) is 43.0. The fourth-order valence-corrected chi connectivity index (χ4v) is 16.8. The Morgan fingerprint density at radius 1 is 0.717 bits per heavy atom. The molecule has 0 saturated carbocycles. The fraction of sp³-hybridized carbons (Fsp3) is 0.341. The van der Waals surface area contributed by atoms with Crippen LogP contribution in [0.2, 0.25) is 0 Å². The molecule has 0 aliphatic heterocycles. The summed E-state index contributed by atoms with van der Waals surface area (Å²) in [4.78, 5) is 0. The first-order valence-corrected chi connectivity index (χ1v) is 21.3. The molecule has 0 saturated heterocycles. The average Bonchev–Trinajstić information content (AvgIpc) is 3.62. The topological polar surface area (TPSA) is 0 Å². The number of alkyl halides is 6. The number of benzene rings is 4. The van der Waals surface area contributed by atoms with E-state index in [-0.39, 0.29) is 36.1 Å². The number of rotatable bonds is 6. The first-order valence-electron chi connectivity index (χ1n) is 17.6. The number of hydrogen-bond donors (Lipinski definition) is 0. The second-order valence-corrected chi connectivity index (χ2v) is 21.0. The maximum absolute atomic E-state index is 14.4. The van der Waals surface area contributed by atoms with E-state index in [0.29, 0.717) is 20.8 Å². The molecule has 2 aliphatic rings. The molecule has 2 aliphatic carbocycles. The van der Waals surface area contributed by atoms with Crippen molar-refractivity contribution in [3.05, 3.63) is 143 Å². The van der Waals surface area contributed by atoms with E-state index in [9.17, 15) is 26.3 Å². The Labute approximate surface area is 329 Å². The Bertz CT molecular complexity index is 2090. The zero-order valence-electron chi connectivity index (χ0n) is 31.2. The van der Waals surface area contributed by atoms with Gasteiger partial charge in [-0.05, 0) is 0 Å². The quantitative estimate of drug-likeness (QED) is 0.175. The standard InChI is InChI=1S/C17H17.C15H8F6.C12H19.2ClH.Zr/c1-10-5-14-9-15-6-11(2)13(4)8-17(15)16(14)7-12(10)3;16-14(17,18)12-5-1-3-10(8-12)7-11-4-2-6-13(9-11)15(19,20)21;1-5-6-10-7-8-11(9-10)12(2,3)4;;;/h5,7-8H,9H2,1-4H3;1-6,8-9H;8-10H,5-6H2,1-4H3;2*1H;/q;;;;;+2/p-2. The molecule has 0 aromatic heterocycles. The van der Waals surface area contributed by atoms with E-state index in [1.54, 1.807) is 12.1 Å². The summed E-state index contributed by atoms with van der Waals surface area (Å²) in [5.74, 6) is 0.0362. The summed E-state index contributed by atoms with van der Waals surface area (Å²) in [6.45, 7) is 17.0. The second kappa shape index (κ2) is 15.8.